The third-order valence-electron chi connectivity index (χ3n) is 3.71. The molecule has 1 aliphatic carbocycles. The molecule has 0 aromatic heterocycles. The van der Waals surface area contributed by atoms with Gasteiger partial charge in [0, 0.05) is 12.6 Å². The van der Waals surface area contributed by atoms with E-state index in [0.717, 1.165) is 31.8 Å². The van der Waals surface area contributed by atoms with Crippen LogP contribution in [-0.2, 0) is 9.47 Å². The van der Waals surface area contributed by atoms with Gasteiger partial charge >= 0.3 is 0 Å². The van der Waals surface area contributed by atoms with E-state index in [2.05, 4.69) is 26.1 Å². The van der Waals surface area contributed by atoms with Gasteiger partial charge in [-0.25, -0.2) is 0 Å². The van der Waals surface area contributed by atoms with Crippen LogP contribution in [0, 0.1) is 0 Å². The van der Waals surface area contributed by atoms with Crippen LogP contribution in [0.5, 0.6) is 0 Å². The summed E-state index contributed by atoms with van der Waals surface area (Å²) in [4.78, 5) is 0. The minimum Gasteiger partial charge on any atom is -0.375 e. The first-order valence-electron chi connectivity index (χ1n) is 7.21. The normalized spacial score (nSPS) is 35.8. The highest BCUT2D eigenvalue weighted by Gasteiger charge is 2.28. The van der Waals surface area contributed by atoms with E-state index in [1.807, 2.05) is 0 Å². The highest BCUT2D eigenvalue weighted by molar-refractivity contribution is 4.82. The molecule has 0 bridgehead atoms. The number of nitrogens with one attached hydrogen (secondary N) is 1. The van der Waals surface area contributed by atoms with Crippen molar-refractivity contribution in [2.75, 3.05) is 6.54 Å². The second-order valence-electron chi connectivity index (χ2n) is 5.70. The van der Waals surface area contributed by atoms with Gasteiger partial charge < -0.3 is 14.8 Å². The molecule has 1 N–H and O–H groups in total. The summed E-state index contributed by atoms with van der Waals surface area (Å²) in [6, 6.07) is 0.778. The quantitative estimate of drug-likeness (QED) is 0.775. The first-order valence-corrected chi connectivity index (χ1v) is 7.21. The molecule has 3 unspecified atom stereocenters. The maximum absolute atomic E-state index is 6.22. The lowest BCUT2D eigenvalue weighted by Crippen LogP contribution is -2.39. The van der Waals surface area contributed by atoms with Crippen molar-refractivity contribution in [3.05, 3.63) is 0 Å². The number of ether oxygens (including phenoxy) is 2. The van der Waals surface area contributed by atoms with Crippen LogP contribution in [0.15, 0.2) is 0 Å². The lowest BCUT2D eigenvalue weighted by Gasteiger charge is -2.34. The Labute approximate surface area is 105 Å². The van der Waals surface area contributed by atoms with Crippen LogP contribution in [0.3, 0.4) is 0 Å². The van der Waals surface area contributed by atoms with E-state index in [4.69, 9.17) is 9.47 Å². The predicted octanol–water partition coefficient (Wildman–Crippen LogP) is 2.49. The third-order valence-corrected chi connectivity index (χ3v) is 3.71. The molecule has 0 aromatic rings. The average molecular weight is 241 g/mol. The molecule has 2 fully saturated rings. The Morgan fingerprint density at radius 2 is 1.88 bits per heavy atom. The van der Waals surface area contributed by atoms with Crippen LogP contribution in [0.25, 0.3) is 0 Å². The van der Waals surface area contributed by atoms with Crippen LogP contribution < -0.4 is 5.32 Å². The van der Waals surface area contributed by atoms with Crippen molar-refractivity contribution >= 4 is 0 Å². The van der Waals surface area contributed by atoms with E-state index >= 15 is 0 Å². The largest absolute Gasteiger partial charge is 0.375 e. The van der Waals surface area contributed by atoms with Gasteiger partial charge in [0.2, 0.25) is 0 Å². The van der Waals surface area contributed by atoms with Crippen molar-refractivity contribution in [3.8, 4) is 0 Å². The van der Waals surface area contributed by atoms with E-state index in [1.54, 1.807) is 0 Å². The molecule has 1 saturated carbocycles. The molecule has 0 amide bonds. The smallest absolute Gasteiger partial charge is 0.0700 e. The molecule has 1 aliphatic heterocycles. The Morgan fingerprint density at radius 3 is 2.41 bits per heavy atom. The first kappa shape index (κ1) is 13.3. The Bertz CT molecular complexity index is 220. The zero-order valence-corrected chi connectivity index (χ0v) is 11.4. The van der Waals surface area contributed by atoms with Gasteiger partial charge in [-0.05, 0) is 46.0 Å². The number of rotatable bonds is 6. The summed E-state index contributed by atoms with van der Waals surface area (Å²) in [6.45, 7) is 7.53. The van der Waals surface area contributed by atoms with E-state index in [9.17, 15) is 0 Å². The van der Waals surface area contributed by atoms with Crippen molar-refractivity contribution in [1.29, 1.82) is 0 Å². The molecular weight excluding hydrogens is 214 g/mol. The topological polar surface area (TPSA) is 30.5 Å². The summed E-state index contributed by atoms with van der Waals surface area (Å²) >= 11 is 0. The third kappa shape index (κ3) is 4.57. The van der Waals surface area contributed by atoms with Crippen molar-refractivity contribution in [2.24, 2.45) is 0 Å². The number of hydrogen-bond donors (Lipinski definition) is 1. The van der Waals surface area contributed by atoms with E-state index in [-0.39, 0.29) is 0 Å². The molecule has 17 heavy (non-hydrogen) atoms. The highest BCUT2D eigenvalue weighted by Crippen LogP contribution is 2.24. The lowest BCUT2D eigenvalue weighted by atomic mass is 10.0. The monoisotopic (exact) mass is 241 g/mol. The summed E-state index contributed by atoms with van der Waals surface area (Å²) in [5.74, 6) is 0. The van der Waals surface area contributed by atoms with Crippen LogP contribution >= 0.6 is 0 Å². The van der Waals surface area contributed by atoms with Crippen molar-refractivity contribution in [2.45, 2.75) is 83.3 Å². The fraction of sp³-hybridized carbons (Fsp3) is 1.00. The maximum atomic E-state index is 6.22. The molecule has 0 spiro atoms. The Balaban J connectivity index is 1.71. The van der Waals surface area contributed by atoms with Gasteiger partial charge in [0.05, 0.1) is 24.4 Å². The summed E-state index contributed by atoms with van der Waals surface area (Å²) < 4.78 is 12.0. The molecular formula is C14H27NO2. The van der Waals surface area contributed by atoms with Gasteiger partial charge in [-0.15, -0.1) is 0 Å². The van der Waals surface area contributed by atoms with Crippen molar-refractivity contribution in [1.82, 2.24) is 5.32 Å². The molecule has 3 atom stereocenters. The zero-order chi connectivity index (χ0) is 12.3. The molecule has 2 rings (SSSR count). The zero-order valence-electron chi connectivity index (χ0n) is 11.4. The molecule has 3 nitrogen and oxygen atoms in total. The fourth-order valence-corrected chi connectivity index (χ4v) is 2.60. The second kappa shape index (κ2) is 6.17. The standard InChI is InChI=1S/C14H27NO2/c1-4-13(9-15-12-5-6-12)17-14-7-10(2)16-11(3)8-14/h10-15H,4-9H2,1-3H3. The molecule has 1 heterocycles. The Morgan fingerprint density at radius 1 is 1.24 bits per heavy atom. The molecule has 100 valence electrons. The van der Waals surface area contributed by atoms with E-state index < -0.39 is 0 Å². The van der Waals surface area contributed by atoms with E-state index in [0.29, 0.717) is 24.4 Å². The molecule has 1 saturated heterocycles. The van der Waals surface area contributed by atoms with Crippen LogP contribution in [0.4, 0.5) is 0 Å². The fourth-order valence-electron chi connectivity index (χ4n) is 2.60. The predicted molar refractivity (Wildman–Crippen MR) is 69.2 cm³/mol. The van der Waals surface area contributed by atoms with Gasteiger partial charge in [-0.3, -0.25) is 0 Å². The average Bonchev–Trinajstić information content (AvgIpc) is 3.06. The SMILES string of the molecule is CCC(CNC1CC1)OC1CC(C)OC(C)C1. The molecule has 0 radical (unpaired) electrons. The van der Waals surface area contributed by atoms with Gasteiger partial charge in [-0.2, -0.15) is 0 Å². The van der Waals surface area contributed by atoms with Crippen LogP contribution in [0.2, 0.25) is 0 Å². The summed E-state index contributed by atoms with van der Waals surface area (Å²) in [5, 5.41) is 3.56. The summed E-state index contributed by atoms with van der Waals surface area (Å²) in [7, 11) is 0. The molecule has 0 aromatic carbocycles. The van der Waals surface area contributed by atoms with Crippen molar-refractivity contribution < 1.29 is 9.47 Å². The van der Waals surface area contributed by atoms with Gasteiger partial charge in [0.1, 0.15) is 0 Å². The van der Waals surface area contributed by atoms with Gasteiger partial charge in [0.15, 0.2) is 0 Å². The summed E-state index contributed by atoms with van der Waals surface area (Å²) in [6.07, 6.45) is 7.34. The van der Waals surface area contributed by atoms with Crippen molar-refractivity contribution in [3.63, 3.8) is 0 Å². The van der Waals surface area contributed by atoms with Crippen LogP contribution in [-0.4, -0.2) is 37.0 Å². The Kier molecular flexibility index (Phi) is 4.83. The molecule has 2 aliphatic rings. The summed E-state index contributed by atoms with van der Waals surface area (Å²) in [5.41, 5.74) is 0. The van der Waals surface area contributed by atoms with Gasteiger partial charge in [0.25, 0.3) is 0 Å². The van der Waals surface area contributed by atoms with Crippen LogP contribution in [0.1, 0.15) is 52.9 Å². The Hall–Kier alpha value is -0.120. The first-order chi connectivity index (χ1) is 8.17. The lowest BCUT2D eigenvalue weighted by molar-refractivity contribution is -0.121. The molecule has 3 heteroatoms. The maximum Gasteiger partial charge on any atom is 0.0700 e. The van der Waals surface area contributed by atoms with Gasteiger partial charge in [-0.1, -0.05) is 6.92 Å². The minimum absolute atomic E-state index is 0.345. The second-order valence-corrected chi connectivity index (χ2v) is 5.70. The van der Waals surface area contributed by atoms with E-state index in [1.165, 1.54) is 12.8 Å². The minimum atomic E-state index is 0.345. The highest BCUT2D eigenvalue weighted by atomic mass is 16.5. The number of hydrogen-bond acceptors (Lipinski definition) is 3.